The van der Waals surface area contributed by atoms with Crippen LogP contribution in [0, 0.1) is 12.7 Å². The van der Waals surface area contributed by atoms with Crippen LogP contribution < -0.4 is 5.73 Å². The number of hydrogen-bond acceptors (Lipinski definition) is 4. The predicted octanol–water partition coefficient (Wildman–Crippen LogP) is 2.34. The number of aromatic hydroxyl groups is 1. The van der Waals surface area contributed by atoms with Crippen molar-refractivity contribution in [3.05, 3.63) is 45.7 Å². The second kappa shape index (κ2) is 4.19. The molecule has 1 atom stereocenters. The molecule has 1 unspecified atom stereocenters. The van der Waals surface area contributed by atoms with Gasteiger partial charge in [-0.25, -0.2) is 9.37 Å². The number of nitrogens with zero attached hydrogens (tertiary/aromatic N) is 1. The topological polar surface area (TPSA) is 59.1 Å². The molecule has 1 aromatic heterocycles. The van der Waals surface area contributed by atoms with Gasteiger partial charge in [-0.1, -0.05) is 0 Å². The molecule has 3 N–H and O–H groups in total. The maximum atomic E-state index is 13.0. The molecule has 1 aromatic carbocycles. The fraction of sp³-hybridized carbons (Fsp3) is 0.182. The van der Waals surface area contributed by atoms with Crippen LogP contribution in [0.5, 0.6) is 5.75 Å². The van der Waals surface area contributed by atoms with Crippen LogP contribution in [0.3, 0.4) is 0 Å². The fourth-order valence-corrected chi connectivity index (χ4v) is 2.22. The van der Waals surface area contributed by atoms with Gasteiger partial charge in [-0.15, -0.1) is 11.3 Å². The first-order valence-corrected chi connectivity index (χ1v) is 5.56. The van der Waals surface area contributed by atoms with Crippen LogP contribution in [0.15, 0.2) is 24.4 Å². The highest BCUT2D eigenvalue weighted by molar-refractivity contribution is 7.11. The number of phenolic OH excluding ortho intramolecular Hbond substituents is 1. The zero-order valence-electron chi connectivity index (χ0n) is 8.64. The van der Waals surface area contributed by atoms with Crippen LogP contribution >= 0.6 is 11.3 Å². The van der Waals surface area contributed by atoms with Crippen molar-refractivity contribution in [2.45, 2.75) is 13.0 Å². The molecule has 2 rings (SSSR count). The number of hydrogen-bond donors (Lipinski definition) is 2. The summed E-state index contributed by atoms with van der Waals surface area (Å²) in [4.78, 5) is 5.15. The Bertz CT molecular complexity index is 512. The number of halogens is 1. The van der Waals surface area contributed by atoms with Crippen molar-refractivity contribution >= 4 is 11.3 Å². The van der Waals surface area contributed by atoms with Gasteiger partial charge in [0.05, 0.1) is 6.04 Å². The molecule has 0 spiro atoms. The van der Waals surface area contributed by atoms with E-state index in [4.69, 9.17) is 5.73 Å². The van der Waals surface area contributed by atoms with E-state index < -0.39 is 11.9 Å². The van der Waals surface area contributed by atoms with E-state index in [1.807, 2.05) is 6.92 Å². The van der Waals surface area contributed by atoms with Gasteiger partial charge >= 0.3 is 0 Å². The third kappa shape index (κ3) is 2.05. The lowest BCUT2D eigenvalue weighted by Crippen LogP contribution is -2.11. The Labute approximate surface area is 96.4 Å². The summed E-state index contributed by atoms with van der Waals surface area (Å²) >= 11 is 1.44. The fourth-order valence-electron chi connectivity index (χ4n) is 1.42. The van der Waals surface area contributed by atoms with Crippen LogP contribution in [0.4, 0.5) is 4.39 Å². The van der Waals surface area contributed by atoms with Gasteiger partial charge in [0.25, 0.3) is 0 Å². The van der Waals surface area contributed by atoms with Crippen LogP contribution in [-0.4, -0.2) is 10.1 Å². The van der Waals surface area contributed by atoms with Gasteiger partial charge in [0.2, 0.25) is 0 Å². The molecule has 84 valence electrons. The molecule has 0 amide bonds. The molecule has 3 nitrogen and oxygen atoms in total. The molecule has 2 aromatic rings. The smallest absolute Gasteiger partial charge is 0.123 e. The van der Waals surface area contributed by atoms with Gasteiger partial charge in [0.1, 0.15) is 16.6 Å². The summed E-state index contributed by atoms with van der Waals surface area (Å²) in [5.41, 5.74) is 6.28. The van der Waals surface area contributed by atoms with Crippen molar-refractivity contribution < 1.29 is 9.50 Å². The molecular weight excluding hydrogens is 227 g/mol. The first-order chi connectivity index (χ1) is 7.58. The number of benzene rings is 1. The SMILES string of the molecule is Cc1cnc(C(N)c2cc(F)ccc2O)s1. The quantitative estimate of drug-likeness (QED) is 0.844. The molecule has 16 heavy (non-hydrogen) atoms. The molecule has 0 bridgehead atoms. The standard InChI is InChI=1S/C11H11FN2OS/c1-6-5-14-11(16-6)10(13)8-4-7(12)2-3-9(8)15/h2-5,10,15H,13H2,1H3. The lowest BCUT2D eigenvalue weighted by Gasteiger charge is -2.10. The van der Waals surface area contributed by atoms with Gasteiger partial charge in [-0.3, -0.25) is 0 Å². The molecule has 0 aliphatic rings. The minimum atomic E-state index is -0.589. The van der Waals surface area contributed by atoms with E-state index in [0.717, 1.165) is 4.88 Å². The van der Waals surface area contributed by atoms with Crippen LogP contribution in [0.2, 0.25) is 0 Å². The van der Waals surface area contributed by atoms with E-state index in [1.54, 1.807) is 6.20 Å². The van der Waals surface area contributed by atoms with E-state index >= 15 is 0 Å². The first kappa shape index (κ1) is 11.0. The van der Waals surface area contributed by atoms with Crippen molar-refractivity contribution in [2.24, 2.45) is 5.73 Å². The molecule has 0 aliphatic carbocycles. The minimum Gasteiger partial charge on any atom is -0.508 e. The van der Waals surface area contributed by atoms with Crippen molar-refractivity contribution in [3.8, 4) is 5.75 Å². The van der Waals surface area contributed by atoms with Crippen molar-refractivity contribution in [1.29, 1.82) is 0 Å². The molecule has 0 fully saturated rings. The summed E-state index contributed by atoms with van der Waals surface area (Å²) in [5.74, 6) is -0.432. The summed E-state index contributed by atoms with van der Waals surface area (Å²) in [6, 6.07) is 3.13. The number of thiazole rings is 1. The number of phenols is 1. The molecular formula is C11H11FN2OS. The monoisotopic (exact) mass is 238 g/mol. The highest BCUT2D eigenvalue weighted by Crippen LogP contribution is 2.30. The third-order valence-electron chi connectivity index (χ3n) is 2.23. The highest BCUT2D eigenvalue weighted by Gasteiger charge is 2.16. The Kier molecular flexibility index (Phi) is 2.89. The molecule has 0 aliphatic heterocycles. The second-order valence-corrected chi connectivity index (χ2v) is 4.76. The summed E-state index contributed by atoms with van der Waals surface area (Å²) in [6.07, 6.45) is 1.70. The third-order valence-corrected chi connectivity index (χ3v) is 3.23. The first-order valence-electron chi connectivity index (χ1n) is 4.74. The lowest BCUT2D eigenvalue weighted by atomic mass is 10.1. The van der Waals surface area contributed by atoms with E-state index in [2.05, 4.69) is 4.98 Å². The Hall–Kier alpha value is -1.46. The number of aromatic nitrogens is 1. The average Bonchev–Trinajstić information content (AvgIpc) is 2.67. The van der Waals surface area contributed by atoms with Crippen LogP contribution in [-0.2, 0) is 0 Å². The summed E-state index contributed by atoms with van der Waals surface area (Å²) in [7, 11) is 0. The maximum absolute atomic E-state index is 13.0. The number of aryl methyl sites for hydroxylation is 1. The van der Waals surface area contributed by atoms with Gasteiger partial charge in [-0.2, -0.15) is 0 Å². The normalized spacial score (nSPS) is 12.7. The summed E-state index contributed by atoms with van der Waals surface area (Å²) in [6.45, 7) is 1.92. The van der Waals surface area contributed by atoms with Gasteiger partial charge in [0.15, 0.2) is 0 Å². The molecule has 5 heteroatoms. The zero-order valence-corrected chi connectivity index (χ0v) is 9.46. The Morgan fingerprint density at radius 2 is 2.25 bits per heavy atom. The average molecular weight is 238 g/mol. The van der Waals surface area contributed by atoms with Crippen molar-refractivity contribution in [2.75, 3.05) is 0 Å². The van der Waals surface area contributed by atoms with E-state index in [-0.39, 0.29) is 5.75 Å². The van der Waals surface area contributed by atoms with Crippen molar-refractivity contribution in [1.82, 2.24) is 4.98 Å². The minimum absolute atomic E-state index is 0.0123. The maximum Gasteiger partial charge on any atom is 0.123 e. The predicted molar refractivity (Wildman–Crippen MR) is 60.9 cm³/mol. The van der Waals surface area contributed by atoms with Crippen molar-refractivity contribution in [3.63, 3.8) is 0 Å². The van der Waals surface area contributed by atoms with Gasteiger partial charge < -0.3 is 10.8 Å². The Balaban J connectivity index is 2.40. The lowest BCUT2D eigenvalue weighted by molar-refractivity contribution is 0.462. The Morgan fingerprint density at radius 3 is 2.88 bits per heavy atom. The number of nitrogens with two attached hydrogens (primary N) is 1. The van der Waals surface area contributed by atoms with Crippen LogP contribution in [0.1, 0.15) is 21.5 Å². The Morgan fingerprint density at radius 1 is 1.50 bits per heavy atom. The molecule has 1 heterocycles. The second-order valence-electron chi connectivity index (χ2n) is 3.49. The highest BCUT2D eigenvalue weighted by atomic mass is 32.1. The number of rotatable bonds is 2. The van der Waals surface area contributed by atoms with E-state index in [0.29, 0.717) is 10.6 Å². The zero-order chi connectivity index (χ0) is 11.7. The van der Waals surface area contributed by atoms with Gasteiger partial charge in [-0.05, 0) is 25.1 Å². The molecule has 0 saturated heterocycles. The largest absolute Gasteiger partial charge is 0.508 e. The van der Waals surface area contributed by atoms with Gasteiger partial charge in [0, 0.05) is 16.6 Å². The molecule has 0 radical (unpaired) electrons. The van der Waals surface area contributed by atoms with E-state index in [9.17, 15) is 9.50 Å². The van der Waals surface area contributed by atoms with Crippen LogP contribution in [0.25, 0.3) is 0 Å². The van der Waals surface area contributed by atoms with E-state index in [1.165, 1.54) is 29.5 Å². The summed E-state index contributed by atoms with van der Waals surface area (Å²) in [5, 5.41) is 10.3. The summed E-state index contributed by atoms with van der Waals surface area (Å²) < 4.78 is 13.0. The molecule has 0 saturated carbocycles.